The van der Waals surface area contributed by atoms with Crippen molar-refractivity contribution in [2.45, 2.75) is 111 Å². The second-order valence-corrected chi connectivity index (χ2v) is 18.0. The molecule has 9 atom stereocenters. The first-order valence-corrected chi connectivity index (χ1v) is 20.5. The average molecular weight is 764 g/mol. The monoisotopic (exact) mass is 764 g/mol. The van der Waals surface area contributed by atoms with E-state index in [9.17, 15) is 19.8 Å². The number of aliphatic hydroxyl groups excluding tert-OH is 2. The molecular weight excluding hydrogens is 695 g/mol. The van der Waals surface area contributed by atoms with Crippen LogP contribution in [0.4, 0.5) is 5.69 Å². The molecule has 1 saturated heterocycles. The fourth-order valence-corrected chi connectivity index (χ4v) is 9.87. The number of likely N-dealkylation sites (N-methyl/N-ethyl adjacent to an activating group) is 1. The van der Waals surface area contributed by atoms with Gasteiger partial charge in [0, 0.05) is 60.5 Å². The van der Waals surface area contributed by atoms with Gasteiger partial charge >= 0.3 is 0 Å². The summed E-state index contributed by atoms with van der Waals surface area (Å²) in [6.45, 7) is 16.5. The van der Waals surface area contributed by atoms with Crippen LogP contribution >= 0.6 is 0 Å². The molecule has 3 saturated carbocycles. The van der Waals surface area contributed by atoms with Gasteiger partial charge in [0.05, 0.1) is 26.4 Å². The van der Waals surface area contributed by atoms with Gasteiger partial charge in [-0.25, -0.2) is 0 Å². The summed E-state index contributed by atoms with van der Waals surface area (Å²) < 4.78 is 6.14. The number of para-hydroxylation sites is 1. The van der Waals surface area contributed by atoms with Gasteiger partial charge in [-0.3, -0.25) is 14.4 Å². The molecule has 1 aliphatic heterocycles. The van der Waals surface area contributed by atoms with E-state index in [0.717, 1.165) is 54.7 Å². The number of anilines is 1. The summed E-state index contributed by atoms with van der Waals surface area (Å²) in [5, 5.41) is 29.7. The predicted octanol–water partition coefficient (Wildman–Crippen LogP) is 5.58. The highest BCUT2D eigenvalue weighted by Gasteiger charge is 2.57. The zero-order valence-corrected chi connectivity index (χ0v) is 35.3. The first-order valence-electron chi connectivity index (χ1n) is 20.5. The van der Waals surface area contributed by atoms with Crippen molar-refractivity contribution in [2.24, 2.45) is 35.0 Å². The lowest BCUT2D eigenvalue weighted by molar-refractivity contribution is -0.183. The second-order valence-electron chi connectivity index (χ2n) is 18.0. The lowest BCUT2D eigenvalue weighted by Crippen LogP contribution is -2.62. The molecule has 0 radical (unpaired) electrons. The predicted molar refractivity (Wildman–Crippen MR) is 219 cm³/mol. The third-order valence-corrected chi connectivity index (χ3v) is 12.8. The first-order chi connectivity index (χ1) is 26.0. The Bertz CT molecular complexity index is 1630. The highest BCUT2D eigenvalue weighted by Crippen LogP contribution is 2.61. The number of nitrogens with one attached hydrogen (secondary N) is 2. The summed E-state index contributed by atoms with van der Waals surface area (Å²) in [4.78, 5) is 38.8. The number of carbonyl (C=O) groups is 2. The summed E-state index contributed by atoms with van der Waals surface area (Å²) in [6.07, 6.45) is 2.33. The van der Waals surface area contributed by atoms with Crippen molar-refractivity contribution in [3.8, 4) is 16.9 Å². The number of methoxy groups -OCH3 is 1. The summed E-state index contributed by atoms with van der Waals surface area (Å²) >= 11 is 0. The second kappa shape index (κ2) is 17.9. The largest absolute Gasteiger partial charge is 0.496 e. The normalized spacial score (nSPS) is 27.1. The minimum Gasteiger partial charge on any atom is -0.496 e. The van der Waals surface area contributed by atoms with Crippen molar-refractivity contribution in [3.63, 3.8) is 0 Å². The van der Waals surface area contributed by atoms with Gasteiger partial charge in [-0.05, 0) is 93.1 Å². The number of hydrogen-bond acceptors (Lipinski definition) is 9. The van der Waals surface area contributed by atoms with E-state index in [1.54, 1.807) is 19.1 Å². The Hall–Kier alpha value is -3.22. The molecule has 2 aromatic rings. The van der Waals surface area contributed by atoms with Crippen molar-refractivity contribution in [3.05, 3.63) is 47.5 Å². The highest BCUT2D eigenvalue weighted by molar-refractivity contribution is 5.97. The van der Waals surface area contributed by atoms with Gasteiger partial charge in [0.2, 0.25) is 5.91 Å². The van der Waals surface area contributed by atoms with Gasteiger partial charge in [-0.2, -0.15) is 5.06 Å². The van der Waals surface area contributed by atoms with E-state index in [2.05, 4.69) is 68.0 Å². The number of nitrogens with zero attached hydrogens (tertiary/aromatic N) is 3. The van der Waals surface area contributed by atoms with Crippen molar-refractivity contribution in [1.29, 1.82) is 0 Å². The van der Waals surface area contributed by atoms with E-state index in [1.807, 2.05) is 51.5 Å². The average Bonchev–Trinajstić information content (AvgIpc) is 3.50. The summed E-state index contributed by atoms with van der Waals surface area (Å²) in [7, 11) is 7.71. The topological polar surface area (TPSA) is 127 Å². The molecule has 0 spiro atoms. The molecule has 4 fully saturated rings. The number of hydrogen-bond donors (Lipinski definition) is 4. The Labute approximate surface area is 330 Å². The number of carbonyl (C=O) groups excluding carboxylic acids is 2. The van der Waals surface area contributed by atoms with Crippen molar-refractivity contribution in [1.82, 2.24) is 20.6 Å². The van der Waals surface area contributed by atoms with Crippen LogP contribution in [-0.4, -0.2) is 110 Å². The van der Waals surface area contributed by atoms with Crippen molar-refractivity contribution >= 4 is 17.5 Å². The van der Waals surface area contributed by atoms with Gasteiger partial charge in [0.25, 0.3) is 5.91 Å². The van der Waals surface area contributed by atoms with Gasteiger partial charge in [-0.1, -0.05) is 66.2 Å². The maximum absolute atomic E-state index is 14.3. The standard InChI is InChI=1S/C44H69N5O6/c1-12-14-33(24-47(8)9)45-42(52)31-17-30(18-34(19-31)48(10)22-26(2)3)35-16-13-15-29(41(35)54-11)23-49-40(39(28(5)51)38(25-50)55-49)43(53)46-37-21-32-20-36(27(37)4)44(32,6)7/h13,15-19,26-28,32-33,36-40,50-51H,12,14,20-25H2,1-11H3,(H,45,52)(H,46,53)/t27-,28-,32+,33-,36-,37-,38-,39+,40-/m0/s1. The maximum atomic E-state index is 14.3. The third kappa shape index (κ3) is 9.33. The molecule has 4 N–H and O–H groups in total. The summed E-state index contributed by atoms with van der Waals surface area (Å²) in [5.41, 5.74) is 4.18. The maximum Gasteiger partial charge on any atom is 0.251 e. The first kappa shape index (κ1) is 42.9. The number of fused-ring (bicyclic) bond motifs is 2. The molecule has 1 heterocycles. The van der Waals surface area contributed by atoms with Crippen LogP contribution < -0.4 is 20.3 Å². The van der Waals surface area contributed by atoms with Crippen LogP contribution in [0.15, 0.2) is 36.4 Å². The van der Waals surface area contributed by atoms with Crippen LogP contribution in [-0.2, 0) is 16.2 Å². The Morgan fingerprint density at radius 3 is 2.40 bits per heavy atom. The van der Waals surface area contributed by atoms with E-state index in [-0.39, 0.29) is 42.5 Å². The minimum atomic E-state index is -0.896. The Kier molecular flexibility index (Phi) is 14.0. The Morgan fingerprint density at radius 2 is 1.82 bits per heavy atom. The lowest BCUT2D eigenvalue weighted by Gasteiger charge is -2.62. The molecule has 6 rings (SSSR count). The molecule has 0 aromatic heterocycles. The van der Waals surface area contributed by atoms with E-state index in [0.29, 0.717) is 35.0 Å². The Balaban J connectivity index is 1.48. The van der Waals surface area contributed by atoms with Crippen LogP contribution in [0.25, 0.3) is 11.1 Å². The van der Waals surface area contributed by atoms with Gasteiger partial charge in [-0.15, -0.1) is 0 Å². The molecule has 2 bridgehead atoms. The van der Waals surface area contributed by atoms with Gasteiger partial charge in [0.15, 0.2) is 0 Å². The van der Waals surface area contributed by atoms with Crippen molar-refractivity contribution in [2.75, 3.05) is 52.8 Å². The van der Waals surface area contributed by atoms with E-state index >= 15 is 0 Å². The summed E-state index contributed by atoms with van der Waals surface area (Å²) in [6, 6.07) is 11.1. The van der Waals surface area contributed by atoms with Crippen LogP contribution in [0, 0.1) is 35.0 Å². The third-order valence-electron chi connectivity index (χ3n) is 12.8. The molecule has 11 heteroatoms. The quantitative estimate of drug-likeness (QED) is 0.164. The van der Waals surface area contributed by atoms with E-state index in [1.165, 1.54) is 6.42 Å². The zero-order chi connectivity index (χ0) is 40.4. The number of benzene rings is 2. The SMILES string of the molecule is CCC[C@@H](CN(C)C)NC(=O)c1cc(-c2cccc(CN3O[C@@H](CO)[C@@H]([C@H](C)O)[C@H]3C(=O)N[C@H]3C[C@H]4C[C@@H]([C@@H]3C)C4(C)C)c2OC)cc(N(C)CC(C)C)c1. The number of aliphatic hydroxyl groups is 2. The number of amides is 2. The Morgan fingerprint density at radius 1 is 1.09 bits per heavy atom. The molecule has 2 amide bonds. The molecule has 0 unspecified atom stereocenters. The summed E-state index contributed by atoms with van der Waals surface area (Å²) in [5.74, 6) is 1.53. The molecule has 306 valence electrons. The number of ether oxygens (including phenoxy) is 1. The minimum absolute atomic E-state index is 0.0172. The fraction of sp³-hybridized carbons (Fsp3) is 0.682. The lowest BCUT2D eigenvalue weighted by atomic mass is 9.45. The van der Waals surface area contributed by atoms with Gasteiger partial charge < -0.3 is 35.4 Å². The van der Waals surface area contributed by atoms with Crippen LogP contribution in [0.3, 0.4) is 0 Å². The van der Waals surface area contributed by atoms with E-state index < -0.39 is 24.2 Å². The molecule has 3 aliphatic carbocycles. The highest BCUT2D eigenvalue weighted by atomic mass is 16.7. The zero-order valence-electron chi connectivity index (χ0n) is 35.3. The molecule has 55 heavy (non-hydrogen) atoms. The van der Waals surface area contributed by atoms with Crippen LogP contribution in [0.5, 0.6) is 5.75 Å². The van der Waals surface area contributed by atoms with Crippen LogP contribution in [0.2, 0.25) is 0 Å². The molecular formula is C44H69N5O6. The smallest absolute Gasteiger partial charge is 0.251 e. The molecule has 2 aromatic carbocycles. The van der Waals surface area contributed by atoms with Crippen LogP contribution in [0.1, 0.15) is 90.1 Å². The number of rotatable bonds is 17. The number of hydroxylamine groups is 2. The molecule has 11 nitrogen and oxygen atoms in total. The van der Waals surface area contributed by atoms with Gasteiger partial charge in [0.1, 0.15) is 17.9 Å². The fourth-order valence-electron chi connectivity index (χ4n) is 9.87. The molecule has 4 aliphatic rings. The van der Waals surface area contributed by atoms with E-state index in [4.69, 9.17) is 9.57 Å². The van der Waals surface area contributed by atoms with Crippen molar-refractivity contribution < 1.29 is 29.4 Å².